The quantitative estimate of drug-likeness (QED) is 0.873. The van der Waals surface area contributed by atoms with Crippen molar-refractivity contribution in [3.8, 4) is 0 Å². The fourth-order valence-electron chi connectivity index (χ4n) is 2.90. The monoisotopic (exact) mass is 299 g/mol. The first-order valence-electron chi connectivity index (χ1n) is 7.18. The van der Waals surface area contributed by atoms with Crippen LogP contribution in [0.3, 0.4) is 0 Å². The summed E-state index contributed by atoms with van der Waals surface area (Å²) in [6, 6.07) is 5.05. The van der Waals surface area contributed by atoms with Crippen LogP contribution in [-0.4, -0.2) is 18.8 Å². The van der Waals surface area contributed by atoms with E-state index in [0.29, 0.717) is 17.2 Å². The summed E-state index contributed by atoms with van der Waals surface area (Å²) in [5, 5.41) is 4.06. The Morgan fingerprint density at radius 1 is 1.50 bits per heavy atom. The first kappa shape index (κ1) is 15.7. The zero-order chi connectivity index (χ0) is 14.9. The molecule has 0 bridgehead atoms. The van der Waals surface area contributed by atoms with Crippen molar-refractivity contribution in [1.29, 1.82) is 0 Å². The Kier molecular flexibility index (Phi) is 4.73. The minimum absolute atomic E-state index is 0.0925. The maximum absolute atomic E-state index is 13.1. The van der Waals surface area contributed by atoms with Crippen molar-refractivity contribution in [1.82, 2.24) is 5.32 Å². The van der Waals surface area contributed by atoms with Crippen LogP contribution in [0.25, 0.3) is 0 Å². The Morgan fingerprint density at radius 3 is 2.75 bits per heavy atom. The van der Waals surface area contributed by atoms with E-state index in [1.54, 1.807) is 6.07 Å². The van der Waals surface area contributed by atoms with Gasteiger partial charge in [0.1, 0.15) is 5.82 Å². The molecule has 2 nitrogen and oxygen atoms in total. The molecular formula is C16H23ClFNO. The number of benzene rings is 1. The van der Waals surface area contributed by atoms with Gasteiger partial charge in [0.2, 0.25) is 0 Å². The van der Waals surface area contributed by atoms with Gasteiger partial charge in [-0.1, -0.05) is 31.5 Å². The molecule has 1 aliphatic rings. The maximum atomic E-state index is 13.1. The highest BCUT2D eigenvalue weighted by Crippen LogP contribution is 2.43. The number of rotatable bonds is 5. The Hall–Kier alpha value is -0.640. The van der Waals surface area contributed by atoms with Gasteiger partial charge >= 0.3 is 0 Å². The van der Waals surface area contributed by atoms with E-state index in [2.05, 4.69) is 26.1 Å². The largest absolute Gasteiger partial charge is 0.378 e. The Bertz CT molecular complexity index is 478. The molecule has 0 amide bonds. The maximum Gasteiger partial charge on any atom is 0.124 e. The molecule has 0 aliphatic heterocycles. The molecule has 3 atom stereocenters. The molecule has 0 radical (unpaired) electrons. The second-order valence-corrected chi connectivity index (χ2v) is 6.52. The molecule has 112 valence electrons. The summed E-state index contributed by atoms with van der Waals surface area (Å²) in [7, 11) is 0. The van der Waals surface area contributed by atoms with E-state index in [0.717, 1.165) is 18.6 Å². The summed E-state index contributed by atoms with van der Waals surface area (Å²) in [4.78, 5) is 0. The molecule has 1 fully saturated rings. The van der Waals surface area contributed by atoms with Gasteiger partial charge in [0, 0.05) is 29.1 Å². The van der Waals surface area contributed by atoms with Crippen molar-refractivity contribution >= 4 is 11.6 Å². The number of nitrogens with one attached hydrogen (secondary N) is 1. The van der Waals surface area contributed by atoms with Crippen LogP contribution in [-0.2, 0) is 4.74 Å². The standard InChI is InChI=1S/C16H23ClFNO/c1-5-20-15-9-14(16(15,3)4)19-10(2)12-7-6-11(18)8-13(12)17/h6-8,10,14-15,19H,5,9H2,1-4H3. The van der Waals surface area contributed by atoms with E-state index >= 15 is 0 Å². The van der Waals surface area contributed by atoms with Gasteiger partial charge < -0.3 is 10.1 Å². The third kappa shape index (κ3) is 3.00. The molecule has 20 heavy (non-hydrogen) atoms. The molecule has 0 aromatic heterocycles. The smallest absolute Gasteiger partial charge is 0.124 e. The van der Waals surface area contributed by atoms with Gasteiger partial charge in [-0.05, 0) is 38.0 Å². The molecule has 3 unspecified atom stereocenters. The SMILES string of the molecule is CCOC1CC(NC(C)c2ccc(F)cc2Cl)C1(C)C. The summed E-state index contributed by atoms with van der Waals surface area (Å²) >= 11 is 6.11. The topological polar surface area (TPSA) is 21.3 Å². The van der Waals surface area contributed by atoms with Gasteiger partial charge in [-0.3, -0.25) is 0 Å². The summed E-state index contributed by atoms with van der Waals surface area (Å²) in [5.74, 6) is -0.300. The molecular weight excluding hydrogens is 277 g/mol. The number of halogens is 2. The molecule has 1 aliphatic carbocycles. The van der Waals surface area contributed by atoms with Crippen molar-refractivity contribution in [2.24, 2.45) is 5.41 Å². The normalized spacial score (nSPS) is 26.1. The Morgan fingerprint density at radius 2 is 2.20 bits per heavy atom. The highest BCUT2D eigenvalue weighted by atomic mass is 35.5. The molecule has 1 aromatic rings. The fraction of sp³-hybridized carbons (Fsp3) is 0.625. The number of hydrogen-bond acceptors (Lipinski definition) is 2. The van der Waals surface area contributed by atoms with Crippen molar-refractivity contribution in [3.05, 3.63) is 34.6 Å². The van der Waals surface area contributed by atoms with Crippen LogP contribution in [0.15, 0.2) is 18.2 Å². The molecule has 0 saturated heterocycles. The van der Waals surface area contributed by atoms with E-state index in [4.69, 9.17) is 16.3 Å². The second-order valence-electron chi connectivity index (χ2n) is 6.11. The third-order valence-corrected chi connectivity index (χ3v) is 4.75. The van der Waals surface area contributed by atoms with Crippen LogP contribution >= 0.6 is 11.6 Å². The van der Waals surface area contributed by atoms with Crippen LogP contribution in [0.1, 0.15) is 45.7 Å². The van der Waals surface area contributed by atoms with Crippen LogP contribution in [0.2, 0.25) is 5.02 Å². The molecule has 0 spiro atoms. The van der Waals surface area contributed by atoms with Crippen LogP contribution in [0.4, 0.5) is 4.39 Å². The minimum atomic E-state index is -0.300. The number of ether oxygens (including phenoxy) is 1. The minimum Gasteiger partial charge on any atom is -0.378 e. The van der Waals surface area contributed by atoms with Crippen LogP contribution in [0, 0.1) is 11.2 Å². The predicted molar refractivity (Wildman–Crippen MR) is 80.6 cm³/mol. The third-order valence-electron chi connectivity index (χ3n) is 4.43. The molecule has 1 N–H and O–H groups in total. The van der Waals surface area contributed by atoms with Crippen LogP contribution < -0.4 is 5.32 Å². The average molecular weight is 300 g/mol. The lowest BCUT2D eigenvalue weighted by atomic mass is 9.64. The Labute approximate surface area is 125 Å². The molecule has 0 heterocycles. The first-order chi connectivity index (χ1) is 9.36. The second kappa shape index (κ2) is 6.00. The first-order valence-corrected chi connectivity index (χ1v) is 7.56. The van der Waals surface area contributed by atoms with Crippen molar-refractivity contribution in [2.75, 3.05) is 6.61 Å². The van der Waals surface area contributed by atoms with E-state index in [-0.39, 0.29) is 17.3 Å². The van der Waals surface area contributed by atoms with Crippen molar-refractivity contribution < 1.29 is 9.13 Å². The van der Waals surface area contributed by atoms with Gasteiger partial charge in [0.25, 0.3) is 0 Å². The van der Waals surface area contributed by atoms with Gasteiger partial charge in [-0.15, -0.1) is 0 Å². The number of hydrogen-bond donors (Lipinski definition) is 1. The van der Waals surface area contributed by atoms with E-state index < -0.39 is 0 Å². The van der Waals surface area contributed by atoms with E-state index in [1.807, 2.05) is 6.92 Å². The van der Waals surface area contributed by atoms with Crippen molar-refractivity contribution in [2.45, 2.75) is 52.3 Å². The van der Waals surface area contributed by atoms with E-state index in [9.17, 15) is 4.39 Å². The average Bonchev–Trinajstić information content (AvgIpc) is 2.37. The van der Waals surface area contributed by atoms with Crippen LogP contribution in [0.5, 0.6) is 0 Å². The van der Waals surface area contributed by atoms with Gasteiger partial charge in [0.15, 0.2) is 0 Å². The predicted octanol–water partition coefficient (Wildman–Crippen LogP) is 4.33. The zero-order valence-corrected chi connectivity index (χ0v) is 13.3. The zero-order valence-electron chi connectivity index (χ0n) is 12.5. The van der Waals surface area contributed by atoms with Gasteiger partial charge in [0.05, 0.1) is 6.10 Å². The molecule has 4 heteroatoms. The highest BCUT2D eigenvalue weighted by molar-refractivity contribution is 6.31. The lowest BCUT2D eigenvalue weighted by molar-refractivity contribution is -0.116. The van der Waals surface area contributed by atoms with Gasteiger partial charge in [-0.2, -0.15) is 0 Å². The Balaban J connectivity index is 2.01. The molecule has 1 aromatic carbocycles. The van der Waals surface area contributed by atoms with Crippen molar-refractivity contribution in [3.63, 3.8) is 0 Å². The summed E-state index contributed by atoms with van der Waals surface area (Å²) in [6.45, 7) is 9.27. The molecule has 2 rings (SSSR count). The lowest BCUT2D eigenvalue weighted by Crippen LogP contribution is -2.61. The summed E-state index contributed by atoms with van der Waals surface area (Å²) in [5.41, 5.74) is 1.04. The highest BCUT2D eigenvalue weighted by Gasteiger charge is 2.49. The summed E-state index contributed by atoms with van der Waals surface area (Å²) in [6.07, 6.45) is 1.31. The lowest BCUT2D eigenvalue weighted by Gasteiger charge is -2.52. The van der Waals surface area contributed by atoms with Gasteiger partial charge in [-0.25, -0.2) is 4.39 Å². The fourth-order valence-corrected chi connectivity index (χ4v) is 3.23. The molecule has 1 saturated carbocycles. The summed E-state index contributed by atoms with van der Waals surface area (Å²) < 4.78 is 18.8. The van der Waals surface area contributed by atoms with E-state index in [1.165, 1.54) is 12.1 Å².